The van der Waals surface area contributed by atoms with Gasteiger partial charge in [0.1, 0.15) is 0 Å². The minimum Gasteiger partial charge on any atom is -0.375 e. The van der Waals surface area contributed by atoms with Gasteiger partial charge in [-0.1, -0.05) is 6.92 Å². The van der Waals surface area contributed by atoms with Crippen LogP contribution in [0.15, 0.2) is 0 Å². The molecule has 0 bridgehead atoms. The molecule has 0 aliphatic carbocycles. The Bertz CT molecular complexity index is 341. The smallest absolute Gasteiger partial charge is 0.214 e. The third-order valence-corrected chi connectivity index (χ3v) is 5.57. The predicted molar refractivity (Wildman–Crippen MR) is 62.7 cm³/mol. The molecule has 16 heavy (non-hydrogen) atoms. The van der Waals surface area contributed by atoms with Crippen molar-refractivity contribution in [1.29, 1.82) is 0 Å². The van der Waals surface area contributed by atoms with Crippen LogP contribution in [0.3, 0.4) is 0 Å². The highest BCUT2D eigenvalue weighted by Crippen LogP contribution is 2.33. The maximum Gasteiger partial charge on any atom is 0.214 e. The van der Waals surface area contributed by atoms with E-state index in [0.717, 1.165) is 12.8 Å². The van der Waals surface area contributed by atoms with E-state index in [-0.39, 0.29) is 5.75 Å². The fourth-order valence-corrected chi connectivity index (χ4v) is 4.38. The van der Waals surface area contributed by atoms with Crippen LogP contribution in [0.5, 0.6) is 0 Å². The first-order valence-corrected chi connectivity index (χ1v) is 7.77. The largest absolute Gasteiger partial charge is 0.375 e. The molecule has 94 valence electrons. The van der Waals surface area contributed by atoms with Gasteiger partial charge < -0.3 is 4.74 Å². The van der Waals surface area contributed by atoms with Gasteiger partial charge in [-0.05, 0) is 26.2 Å². The van der Waals surface area contributed by atoms with E-state index in [0.29, 0.717) is 37.6 Å². The molecule has 0 radical (unpaired) electrons. The molecule has 0 amide bonds. The Morgan fingerprint density at radius 2 is 2.19 bits per heavy atom. The van der Waals surface area contributed by atoms with Crippen molar-refractivity contribution in [2.45, 2.75) is 45.3 Å². The van der Waals surface area contributed by atoms with E-state index in [2.05, 4.69) is 6.92 Å². The quantitative estimate of drug-likeness (QED) is 0.753. The van der Waals surface area contributed by atoms with Crippen LogP contribution in [-0.4, -0.2) is 43.8 Å². The van der Waals surface area contributed by atoms with Crippen LogP contribution in [0.4, 0.5) is 0 Å². The molecule has 2 fully saturated rings. The summed E-state index contributed by atoms with van der Waals surface area (Å²) in [5, 5.41) is 0. The normalized spacial score (nSPS) is 36.2. The van der Waals surface area contributed by atoms with Gasteiger partial charge in [-0.2, -0.15) is 0 Å². The van der Waals surface area contributed by atoms with Crippen LogP contribution in [-0.2, 0) is 14.8 Å². The number of sulfonamides is 1. The molecule has 0 N–H and O–H groups in total. The van der Waals surface area contributed by atoms with E-state index in [9.17, 15) is 8.42 Å². The lowest BCUT2D eigenvalue weighted by atomic mass is 9.94. The summed E-state index contributed by atoms with van der Waals surface area (Å²) in [5.74, 6) is 0.691. The van der Waals surface area contributed by atoms with Crippen LogP contribution in [0.2, 0.25) is 0 Å². The van der Waals surface area contributed by atoms with Gasteiger partial charge in [0.2, 0.25) is 10.0 Å². The molecule has 0 saturated carbocycles. The lowest BCUT2D eigenvalue weighted by Crippen LogP contribution is -2.45. The zero-order valence-corrected chi connectivity index (χ0v) is 10.9. The molecule has 3 atom stereocenters. The minimum atomic E-state index is -3.01. The predicted octanol–water partition coefficient (Wildman–Crippen LogP) is 1.23. The summed E-state index contributed by atoms with van der Waals surface area (Å²) in [4.78, 5) is 0. The Morgan fingerprint density at radius 3 is 2.88 bits per heavy atom. The maximum atomic E-state index is 11.9. The Morgan fingerprint density at radius 1 is 1.44 bits per heavy atom. The van der Waals surface area contributed by atoms with E-state index in [4.69, 9.17) is 4.74 Å². The third-order valence-electron chi connectivity index (χ3n) is 3.52. The molecule has 2 rings (SSSR count). The van der Waals surface area contributed by atoms with E-state index >= 15 is 0 Å². The van der Waals surface area contributed by atoms with Gasteiger partial charge >= 0.3 is 0 Å². The van der Waals surface area contributed by atoms with Crippen molar-refractivity contribution < 1.29 is 13.2 Å². The fourth-order valence-electron chi connectivity index (χ4n) is 2.80. The summed E-state index contributed by atoms with van der Waals surface area (Å²) in [6, 6.07) is 0. The summed E-state index contributed by atoms with van der Waals surface area (Å²) >= 11 is 0. The summed E-state index contributed by atoms with van der Waals surface area (Å²) in [6.45, 7) is 5.28. The highest BCUT2D eigenvalue weighted by atomic mass is 32.2. The number of hydrogen-bond acceptors (Lipinski definition) is 3. The molecular weight excluding hydrogens is 226 g/mol. The molecule has 0 unspecified atom stereocenters. The SMILES string of the molecule is CCCS(=O)(=O)N1CC[C@@H]2O[C@H](C)C[C@@H]2C1. The van der Waals surface area contributed by atoms with E-state index in [1.54, 1.807) is 4.31 Å². The van der Waals surface area contributed by atoms with Gasteiger partial charge in [0, 0.05) is 19.0 Å². The number of piperidine rings is 1. The second kappa shape index (κ2) is 4.63. The molecule has 4 nitrogen and oxygen atoms in total. The van der Waals surface area contributed by atoms with Crippen LogP contribution < -0.4 is 0 Å². The van der Waals surface area contributed by atoms with Crippen LogP contribution >= 0.6 is 0 Å². The molecule has 2 heterocycles. The van der Waals surface area contributed by atoms with Gasteiger partial charge in [0.15, 0.2) is 0 Å². The summed E-state index contributed by atoms with van der Waals surface area (Å²) in [5.41, 5.74) is 0. The van der Waals surface area contributed by atoms with Gasteiger partial charge in [0.05, 0.1) is 18.0 Å². The van der Waals surface area contributed by atoms with Crippen molar-refractivity contribution in [3.8, 4) is 0 Å². The first kappa shape index (κ1) is 12.3. The molecule has 2 aliphatic rings. The molecule has 0 spiro atoms. The number of hydrogen-bond donors (Lipinski definition) is 0. The van der Waals surface area contributed by atoms with Crippen molar-refractivity contribution in [2.24, 2.45) is 5.92 Å². The Labute approximate surface area is 98.0 Å². The summed E-state index contributed by atoms with van der Waals surface area (Å²) < 4.78 is 31.3. The second-order valence-electron chi connectivity index (χ2n) is 4.94. The molecular formula is C11H21NO3S. The molecule has 2 saturated heterocycles. The van der Waals surface area contributed by atoms with Crippen molar-refractivity contribution in [2.75, 3.05) is 18.8 Å². The third kappa shape index (κ3) is 2.41. The minimum absolute atomic E-state index is 0.279. The zero-order chi connectivity index (χ0) is 11.8. The standard InChI is InChI=1S/C11H21NO3S/c1-3-6-16(13,14)12-5-4-11-10(8-12)7-9(2)15-11/h9-11H,3-8H2,1-2H3/t9-,10-,11+/m1/s1. The first-order valence-electron chi connectivity index (χ1n) is 6.16. The summed E-state index contributed by atoms with van der Waals surface area (Å²) in [6.07, 6.45) is 3.15. The highest BCUT2D eigenvalue weighted by Gasteiger charge is 2.40. The lowest BCUT2D eigenvalue weighted by molar-refractivity contribution is 0.0206. The Balaban J connectivity index is 2.01. The van der Waals surface area contributed by atoms with Crippen LogP contribution in [0.1, 0.15) is 33.1 Å². The second-order valence-corrected chi connectivity index (χ2v) is 7.03. The molecule has 2 aliphatic heterocycles. The van der Waals surface area contributed by atoms with Crippen molar-refractivity contribution in [3.05, 3.63) is 0 Å². The average Bonchev–Trinajstić information content (AvgIpc) is 2.56. The van der Waals surface area contributed by atoms with Crippen LogP contribution in [0.25, 0.3) is 0 Å². The zero-order valence-electron chi connectivity index (χ0n) is 10.1. The average molecular weight is 247 g/mol. The van der Waals surface area contributed by atoms with E-state index in [1.807, 2.05) is 6.92 Å². The molecule has 0 aromatic heterocycles. The number of rotatable bonds is 3. The molecule has 5 heteroatoms. The molecule has 0 aromatic carbocycles. The van der Waals surface area contributed by atoms with E-state index < -0.39 is 10.0 Å². The van der Waals surface area contributed by atoms with Gasteiger partial charge in [-0.15, -0.1) is 0 Å². The van der Waals surface area contributed by atoms with Gasteiger partial charge in [-0.3, -0.25) is 0 Å². The van der Waals surface area contributed by atoms with Gasteiger partial charge in [-0.25, -0.2) is 12.7 Å². The van der Waals surface area contributed by atoms with Crippen molar-refractivity contribution >= 4 is 10.0 Å². The lowest BCUT2D eigenvalue weighted by Gasteiger charge is -2.33. The van der Waals surface area contributed by atoms with Crippen molar-refractivity contribution in [1.82, 2.24) is 4.31 Å². The Kier molecular flexibility index (Phi) is 3.56. The van der Waals surface area contributed by atoms with Crippen LogP contribution in [0, 0.1) is 5.92 Å². The number of fused-ring (bicyclic) bond motifs is 1. The fraction of sp³-hybridized carbons (Fsp3) is 1.00. The van der Waals surface area contributed by atoms with E-state index in [1.165, 1.54) is 0 Å². The monoisotopic (exact) mass is 247 g/mol. The topological polar surface area (TPSA) is 46.6 Å². The Hall–Kier alpha value is -0.130. The van der Waals surface area contributed by atoms with Crippen molar-refractivity contribution in [3.63, 3.8) is 0 Å². The molecule has 0 aromatic rings. The first-order chi connectivity index (χ1) is 7.53. The van der Waals surface area contributed by atoms with Gasteiger partial charge in [0.25, 0.3) is 0 Å². The highest BCUT2D eigenvalue weighted by molar-refractivity contribution is 7.89. The maximum absolute atomic E-state index is 11.9. The summed E-state index contributed by atoms with van der Waals surface area (Å²) in [7, 11) is -3.01. The number of nitrogens with zero attached hydrogens (tertiary/aromatic N) is 1. The number of ether oxygens (including phenoxy) is 1.